The summed E-state index contributed by atoms with van der Waals surface area (Å²) in [5.74, 6) is 0.745. The van der Waals surface area contributed by atoms with Crippen LogP contribution in [0.1, 0.15) is 80.1 Å². The lowest BCUT2D eigenvalue weighted by Gasteiger charge is -2.42. The molecule has 29 heavy (non-hydrogen) atoms. The summed E-state index contributed by atoms with van der Waals surface area (Å²) in [6, 6.07) is 6.17. The summed E-state index contributed by atoms with van der Waals surface area (Å²) < 4.78 is 34.3. The van der Waals surface area contributed by atoms with Crippen LogP contribution in [0.4, 0.5) is 8.78 Å². The van der Waals surface area contributed by atoms with E-state index in [9.17, 15) is 9.18 Å². The molecule has 0 radical (unpaired) electrons. The van der Waals surface area contributed by atoms with E-state index in [1.807, 2.05) is 0 Å². The van der Waals surface area contributed by atoms with Gasteiger partial charge in [-0.2, -0.15) is 0 Å². The number of methoxy groups -OCH3 is 1. The Bertz CT molecular complexity index is 907. The molecule has 0 heterocycles. The molecular weight excluding hydrogens is 370 g/mol. The monoisotopic (exact) mass is 400 g/mol. The number of esters is 1. The largest absolute Gasteiger partial charge is 0.465 e. The SMILES string of the molecule is CCCC1CC[C@@H]2CC(c3cc4ccc(C(=O)OC)c(F)c4cc3F)CC[C@H]2C1. The lowest BCUT2D eigenvalue weighted by molar-refractivity contribution is 0.0596. The molecule has 2 aliphatic rings. The number of hydrogen-bond acceptors (Lipinski definition) is 2. The van der Waals surface area contributed by atoms with Crippen molar-refractivity contribution in [3.63, 3.8) is 0 Å². The first-order chi connectivity index (χ1) is 14.0. The fraction of sp³-hybridized carbons (Fsp3) is 0.560. The third-order valence-electron chi connectivity index (χ3n) is 7.34. The molecule has 0 spiro atoms. The van der Waals surface area contributed by atoms with E-state index in [1.54, 1.807) is 12.1 Å². The minimum atomic E-state index is -0.745. The van der Waals surface area contributed by atoms with Gasteiger partial charge >= 0.3 is 5.97 Å². The molecule has 2 fully saturated rings. The third kappa shape index (κ3) is 3.91. The van der Waals surface area contributed by atoms with Gasteiger partial charge < -0.3 is 4.74 Å². The zero-order valence-corrected chi connectivity index (χ0v) is 17.3. The maximum absolute atomic E-state index is 15.0. The quantitative estimate of drug-likeness (QED) is 0.516. The maximum Gasteiger partial charge on any atom is 0.340 e. The number of fused-ring (bicyclic) bond motifs is 2. The van der Waals surface area contributed by atoms with E-state index < -0.39 is 11.8 Å². The van der Waals surface area contributed by atoms with Gasteiger partial charge in [0, 0.05) is 5.39 Å². The van der Waals surface area contributed by atoms with Gasteiger partial charge in [0.2, 0.25) is 0 Å². The summed E-state index contributed by atoms with van der Waals surface area (Å²) in [4.78, 5) is 11.7. The van der Waals surface area contributed by atoms with Crippen LogP contribution in [-0.2, 0) is 4.74 Å². The average Bonchev–Trinajstić information content (AvgIpc) is 2.73. The molecule has 0 amide bonds. The number of benzene rings is 2. The summed E-state index contributed by atoms with van der Waals surface area (Å²) in [5, 5.41) is 0.781. The number of hydrogen-bond donors (Lipinski definition) is 0. The highest BCUT2D eigenvalue weighted by molar-refractivity contribution is 5.96. The van der Waals surface area contributed by atoms with Crippen molar-refractivity contribution in [3.8, 4) is 0 Å². The van der Waals surface area contributed by atoms with Crippen molar-refractivity contribution in [1.29, 1.82) is 0 Å². The average molecular weight is 401 g/mol. The maximum atomic E-state index is 15.0. The molecule has 156 valence electrons. The molecule has 2 aromatic rings. The molecule has 4 rings (SSSR count). The van der Waals surface area contributed by atoms with Crippen LogP contribution in [-0.4, -0.2) is 13.1 Å². The molecule has 2 saturated carbocycles. The number of rotatable bonds is 4. The Kier molecular flexibility index (Phi) is 5.89. The Morgan fingerprint density at radius 1 is 1.07 bits per heavy atom. The van der Waals surface area contributed by atoms with E-state index in [4.69, 9.17) is 0 Å². The van der Waals surface area contributed by atoms with Crippen molar-refractivity contribution in [3.05, 3.63) is 47.0 Å². The van der Waals surface area contributed by atoms with Crippen molar-refractivity contribution >= 4 is 16.7 Å². The van der Waals surface area contributed by atoms with Crippen molar-refractivity contribution in [1.82, 2.24) is 0 Å². The Hall–Kier alpha value is -1.97. The highest BCUT2D eigenvalue weighted by atomic mass is 19.1. The second-order valence-corrected chi connectivity index (χ2v) is 9.01. The van der Waals surface area contributed by atoms with Crippen molar-refractivity contribution in [2.24, 2.45) is 17.8 Å². The molecule has 0 N–H and O–H groups in total. The van der Waals surface area contributed by atoms with Crippen LogP contribution in [0.15, 0.2) is 24.3 Å². The number of ether oxygens (including phenoxy) is 1. The van der Waals surface area contributed by atoms with Gasteiger partial charge in [-0.25, -0.2) is 13.6 Å². The van der Waals surface area contributed by atoms with Crippen LogP contribution < -0.4 is 0 Å². The van der Waals surface area contributed by atoms with Crippen LogP contribution in [0.5, 0.6) is 0 Å². The molecule has 2 aromatic carbocycles. The van der Waals surface area contributed by atoms with Crippen LogP contribution in [0.3, 0.4) is 0 Å². The van der Waals surface area contributed by atoms with Crippen molar-refractivity contribution in [2.45, 2.75) is 64.2 Å². The summed E-state index contributed by atoms with van der Waals surface area (Å²) in [5.41, 5.74) is 0.549. The molecule has 0 aliphatic heterocycles. The molecule has 0 bridgehead atoms. The Balaban J connectivity index is 1.57. The van der Waals surface area contributed by atoms with Gasteiger partial charge in [0.1, 0.15) is 11.6 Å². The van der Waals surface area contributed by atoms with Gasteiger partial charge in [-0.1, -0.05) is 32.3 Å². The second-order valence-electron chi connectivity index (χ2n) is 9.01. The summed E-state index contributed by atoms with van der Waals surface area (Å²) in [6.45, 7) is 2.27. The Labute approximate surface area is 171 Å². The number of carbonyl (C=O) groups excluding carboxylic acids is 1. The fourth-order valence-corrected chi connectivity index (χ4v) is 5.85. The first-order valence-electron chi connectivity index (χ1n) is 11.0. The molecule has 4 atom stereocenters. The van der Waals surface area contributed by atoms with Crippen LogP contribution in [0, 0.1) is 29.4 Å². The number of halogens is 2. The van der Waals surface area contributed by atoms with Crippen LogP contribution >= 0.6 is 0 Å². The van der Waals surface area contributed by atoms with Gasteiger partial charge in [0.25, 0.3) is 0 Å². The highest BCUT2D eigenvalue weighted by Crippen LogP contribution is 2.49. The fourth-order valence-electron chi connectivity index (χ4n) is 5.85. The van der Waals surface area contributed by atoms with E-state index >= 15 is 4.39 Å². The van der Waals surface area contributed by atoms with Crippen molar-refractivity contribution < 1.29 is 18.3 Å². The summed E-state index contributed by atoms with van der Waals surface area (Å²) >= 11 is 0. The minimum absolute atomic E-state index is 0.142. The van der Waals surface area contributed by atoms with E-state index in [0.29, 0.717) is 16.9 Å². The number of carbonyl (C=O) groups is 1. The second kappa shape index (κ2) is 8.41. The molecule has 0 aromatic heterocycles. The minimum Gasteiger partial charge on any atom is -0.465 e. The van der Waals surface area contributed by atoms with Crippen LogP contribution in [0.2, 0.25) is 0 Å². The zero-order valence-electron chi connectivity index (χ0n) is 17.3. The van der Waals surface area contributed by atoms with Gasteiger partial charge in [0.15, 0.2) is 0 Å². The van der Waals surface area contributed by atoms with E-state index in [1.165, 1.54) is 57.8 Å². The summed E-state index contributed by atoms with van der Waals surface area (Å²) in [6.07, 6.45) is 9.73. The topological polar surface area (TPSA) is 26.3 Å². The predicted octanol–water partition coefficient (Wildman–Crippen LogP) is 7.00. The van der Waals surface area contributed by atoms with E-state index in [0.717, 1.165) is 24.7 Å². The third-order valence-corrected chi connectivity index (χ3v) is 7.34. The van der Waals surface area contributed by atoms with E-state index in [-0.39, 0.29) is 22.7 Å². The van der Waals surface area contributed by atoms with Crippen molar-refractivity contribution in [2.75, 3.05) is 7.11 Å². The summed E-state index contributed by atoms with van der Waals surface area (Å²) in [7, 11) is 1.21. The first-order valence-corrected chi connectivity index (χ1v) is 11.0. The first kappa shape index (κ1) is 20.3. The Morgan fingerprint density at radius 2 is 1.83 bits per heavy atom. The standard InChI is InChI=1S/C25H30F2O2/c1-3-4-15-5-6-17-12-18(8-7-16(17)11-15)21-13-19-9-10-20(25(28)29-2)24(27)22(19)14-23(21)26/h9-10,13-18H,3-8,11-12H2,1-2H3/t15?,16-,17+,18?/m0/s1. The molecule has 4 heteroatoms. The van der Waals surface area contributed by atoms with E-state index in [2.05, 4.69) is 11.7 Å². The normalized spacial score (nSPS) is 26.9. The predicted molar refractivity (Wildman–Crippen MR) is 111 cm³/mol. The van der Waals surface area contributed by atoms with Gasteiger partial charge in [-0.05, 0) is 84.9 Å². The lowest BCUT2D eigenvalue weighted by Crippen LogP contribution is -2.30. The molecular formula is C25H30F2O2. The van der Waals surface area contributed by atoms with Gasteiger partial charge in [-0.15, -0.1) is 0 Å². The van der Waals surface area contributed by atoms with Crippen LogP contribution in [0.25, 0.3) is 10.8 Å². The smallest absolute Gasteiger partial charge is 0.340 e. The highest BCUT2D eigenvalue weighted by Gasteiger charge is 2.36. The van der Waals surface area contributed by atoms with Gasteiger partial charge in [0.05, 0.1) is 12.7 Å². The molecule has 2 unspecified atom stereocenters. The Morgan fingerprint density at radius 3 is 2.59 bits per heavy atom. The molecule has 2 nitrogen and oxygen atoms in total. The zero-order chi connectivity index (χ0) is 20.5. The molecule has 0 saturated heterocycles. The molecule has 2 aliphatic carbocycles. The lowest BCUT2D eigenvalue weighted by atomic mass is 9.63. The van der Waals surface area contributed by atoms with Gasteiger partial charge in [-0.3, -0.25) is 0 Å².